The molecule has 26 heavy (non-hydrogen) atoms. The average Bonchev–Trinajstić information content (AvgIpc) is 2.66. The molecule has 4 heteroatoms. The van der Waals surface area contributed by atoms with Gasteiger partial charge < -0.3 is 10.1 Å². The van der Waals surface area contributed by atoms with Crippen molar-refractivity contribution in [3.8, 4) is 0 Å². The van der Waals surface area contributed by atoms with Gasteiger partial charge in [0, 0.05) is 24.0 Å². The molecule has 0 aliphatic rings. The minimum atomic E-state index is -0.395. The second-order valence-electron chi connectivity index (χ2n) is 6.78. The summed E-state index contributed by atoms with van der Waals surface area (Å²) >= 11 is 0. The number of ether oxygens (including phenoxy) is 1. The lowest BCUT2D eigenvalue weighted by molar-refractivity contribution is 0.0962. The molecule has 134 valence electrons. The molecule has 0 unspecified atom stereocenters. The van der Waals surface area contributed by atoms with E-state index in [1.165, 1.54) is 0 Å². The fourth-order valence-corrected chi connectivity index (χ4v) is 2.77. The Kier molecular flexibility index (Phi) is 5.84. The second-order valence-corrected chi connectivity index (χ2v) is 6.78. The Bertz CT molecular complexity index is 862. The van der Waals surface area contributed by atoms with Crippen LogP contribution in [0.1, 0.15) is 31.2 Å². The number of aromatic nitrogens is 1. The molecule has 3 aromatic rings. The van der Waals surface area contributed by atoms with Crippen molar-refractivity contribution < 1.29 is 9.53 Å². The Morgan fingerprint density at radius 1 is 1.00 bits per heavy atom. The van der Waals surface area contributed by atoms with E-state index >= 15 is 0 Å². The predicted molar refractivity (Wildman–Crippen MR) is 104 cm³/mol. The number of rotatable bonds is 6. The van der Waals surface area contributed by atoms with Gasteiger partial charge in [0.15, 0.2) is 0 Å². The van der Waals surface area contributed by atoms with Gasteiger partial charge in [-0.1, -0.05) is 68.4 Å². The first kappa shape index (κ1) is 17.9. The van der Waals surface area contributed by atoms with E-state index in [4.69, 9.17) is 9.72 Å². The molecule has 0 fully saturated rings. The fraction of sp³-hybridized carbons (Fsp3) is 0.273. The van der Waals surface area contributed by atoms with Gasteiger partial charge >= 0.3 is 6.09 Å². The van der Waals surface area contributed by atoms with Crippen LogP contribution in [0, 0.1) is 5.92 Å². The smallest absolute Gasteiger partial charge is 0.407 e. The van der Waals surface area contributed by atoms with E-state index in [1.807, 2.05) is 74.5 Å². The van der Waals surface area contributed by atoms with Crippen LogP contribution in [0.15, 0.2) is 66.7 Å². The molecule has 0 bridgehead atoms. The molecule has 1 N–H and O–H groups in total. The van der Waals surface area contributed by atoms with Crippen LogP contribution in [0.3, 0.4) is 0 Å². The van der Waals surface area contributed by atoms with E-state index in [2.05, 4.69) is 11.4 Å². The minimum Gasteiger partial charge on any atom is -0.441 e. The van der Waals surface area contributed by atoms with Gasteiger partial charge in [0.25, 0.3) is 0 Å². The Balaban J connectivity index is 1.79. The number of alkyl carbamates (subject to hydrolysis) is 1. The molecule has 0 saturated carbocycles. The highest BCUT2D eigenvalue weighted by Gasteiger charge is 2.18. The highest BCUT2D eigenvalue weighted by molar-refractivity contribution is 5.78. The molecule has 3 rings (SSSR count). The fourth-order valence-electron chi connectivity index (χ4n) is 2.77. The van der Waals surface area contributed by atoms with Gasteiger partial charge in [-0.2, -0.15) is 0 Å². The maximum Gasteiger partial charge on any atom is 0.407 e. The maximum absolute atomic E-state index is 12.2. The third kappa shape index (κ3) is 4.82. The van der Waals surface area contributed by atoms with Crippen LogP contribution in [0.5, 0.6) is 0 Å². The van der Waals surface area contributed by atoms with Crippen LogP contribution in [0.2, 0.25) is 0 Å². The molecule has 1 aromatic heterocycles. The first-order chi connectivity index (χ1) is 12.6. The van der Waals surface area contributed by atoms with E-state index in [9.17, 15) is 4.79 Å². The third-order valence-corrected chi connectivity index (χ3v) is 4.13. The number of hydrogen-bond donors (Lipinski definition) is 1. The minimum absolute atomic E-state index is 0.375. The molecular weight excluding hydrogens is 324 g/mol. The molecule has 0 saturated heterocycles. The summed E-state index contributed by atoms with van der Waals surface area (Å²) in [6, 6.07) is 21.9. The zero-order chi connectivity index (χ0) is 18.4. The van der Waals surface area contributed by atoms with Crippen LogP contribution in [-0.4, -0.2) is 17.6 Å². The van der Waals surface area contributed by atoms with Gasteiger partial charge in [-0.15, -0.1) is 0 Å². The number of hydrogen-bond acceptors (Lipinski definition) is 3. The number of nitrogens with one attached hydrogen (secondary N) is 1. The summed E-state index contributed by atoms with van der Waals surface area (Å²) in [4.78, 5) is 16.9. The Morgan fingerprint density at radius 3 is 2.50 bits per heavy atom. The van der Waals surface area contributed by atoms with Crippen molar-refractivity contribution in [2.45, 2.75) is 26.4 Å². The quantitative estimate of drug-likeness (QED) is 0.689. The van der Waals surface area contributed by atoms with Gasteiger partial charge in [-0.25, -0.2) is 4.79 Å². The van der Waals surface area contributed by atoms with E-state index < -0.39 is 6.09 Å². The number of benzene rings is 2. The zero-order valence-corrected chi connectivity index (χ0v) is 15.2. The summed E-state index contributed by atoms with van der Waals surface area (Å²) in [6.07, 6.45) is -0.241. The summed E-state index contributed by atoms with van der Waals surface area (Å²) in [7, 11) is 0. The van der Waals surface area contributed by atoms with Gasteiger partial charge in [-0.3, -0.25) is 4.98 Å². The first-order valence-corrected chi connectivity index (χ1v) is 8.96. The highest BCUT2D eigenvalue weighted by atomic mass is 16.6. The predicted octanol–water partition coefficient (Wildman–Crippen LogP) is 4.90. The number of carbonyl (C=O) groups is 1. The van der Waals surface area contributed by atoms with Crippen molar-refractivity contribution in [1.29, 1.82) is 0 Å². The summed E-state index contributed by atoms with van der Waals surface area (Å²) in [5.41, 5.74) is 2.80. The molecule has 0 aliphatic carbocycles. The van der Waals surface area contributed by atoms with Crippen molar-refractivity contribution in [2.75, 3.05) is 6.54 Å². The van der Waals surface area contributed by atoms with Crippen LogP contribution in [-0.2, 0) is 11.2 Å². The summed E-state index contributed by atoms with van der Waals surface area (Å²) in [5.74, 6) is 0.375. The molecule has 0 aliphatic heterocycles. The normalized spacial score (nSPS) is 12.1. The van der Waals surface area contributed by atoms with Crippen molar-refractivity contribution in [3.63, 3.8) is 0 Å². The first-order valence-electron chi connectivity index (χ1n) is 8.96. The van der Waals surface area contributed by atoms with E-state index in [1.54, 1.807) is 0 Å². The van der Waals surface area contributed by atoms with E-state index in [0.717, 1.165) is 22.2 Å². The second kappa shape index (κ2) is 8.48. The van der Waals surface area contributed by atoms with Crippen LogP contribution < -0.4 is 5.32 Å². The third-order valence-electron chi connectivity index (χ3n) is 4.13. The number of pyridine rings is 1. The van der Waals surface area contributed by atoms with Gasteiger partial charge in [-0.05, 0) is 23.6 Å². The maximum atomic E-state index is 12.2. The van der Waals surface area contributed by atoms with Gasteiger partial charge in [0.1, 0.15) is 6.10 Å². The molecule has 1 heterocycles. The Morgan fingerprint density at radius 2 is 1.73 bits per heavy atom. The largest absolute Gasteiger partial charge is 0.441 e. The number of nitrogens with zero attached hydrogens (tertiary/aromatic N) is 1. The van der Waals surface area contributed by atoms with Crippen LogP contribution in [0.25, 0.3) is 10.9 Å². The van der Waals surface area contributed by atoms with Crippen LogP contribution >= 0.6 is 0 Å². The summed E-state index contributed by atoms with van der Waals surface area (Å²) in [6.45, 7) is 4.69. The molecule has 0 radical (unpaired) electrons. The molecule has 1 amide bonds. The SMILES string of the molecule is CC(C)CNC(=O)O[C@H](Cc1ccc2ccccc2n1)c1ccccc1. The van der Waals surface area contributed by atoms with Crippen molar-refractivity contribution in [3.05, 3.63) is 78.0 Å². The highest BCUT2D eigenvalue weighted by Crippen LogP contribution is 2.23. The van der Waals surface area contributed by atoms with Gasteiger partial charge in [0.05, 0.1) is 5.52 Å². The topological polar surface area (TPSA) is 51.2 Å². The molecule has 0 spiro atoms. The molecule has 2 aromatic carbocycles. The molecular formula is C22H24N2O2. The Labute approximate surface area is 154 Å². The van der Waals surface area contributed by atoms with E-state index in [0.29, 0.717) is 18.9 Å². The monoisotopic (exact) mass is 348 g/mol. The lowest BCUT2D eigenvalue weighted by Gasteiger charge is -2.19. The number of para-hydroxylation sites is 1. The number of fused-ring (bicyclic) bond motifs is 1. The zero-order valence-electron chi connectivity index (χ0n) is 15.2. The summed E-state index contributed by atoms with van der Waals surface area (Å²) < 4.78 is 5.71. The van der Waals surface area contributed by atoms with Crippen LogP contribution in [0.4, 0.5) is 4.79 Å². The average molecular weight is 348 g/mol. The lowest BCUT2D eigenvalue weighted by atomic mass is 10.0. The lowest BCUT2D eigenvalue weighted by Crippen LogP contribution is -2.29. The van der Waals surface area contributed by atoms with E-state index in [-0.39, 0.29) is 6.10 Å². The molecule has 1 atom stereocenters. The van der Waals surface area contributed by atoms with Crippen molar-refractivity contribution in [2.24, 2.45) is 5.92 Å². The van der Waals surface area contributed by atoms with Crippen molar-refractivity contribution in [1.82, 2.24) is 10.3 Å². The molecule has 4 nitrogen and oxygen atoms in total. The number of amides is 1. The summed E-state index contributed by atoms with van der Waals surface area (Å²) in [5, 5.41) is 3.92. The van der Waals surface area contributed by atoms with Gasteiger partial charge in [0.2, 0.25) is 0 Å². The Hall–Kier alpha value is -2.88. The number of carbonyl (C=O) groups excluding carboxylic acids is 1. The standard InChI is InChI=1S/C22H24N2O2/c1-16(2)15-23-22(25)26-21(18-9-4-3-5-10-18)14-19-13-12-17-8-6-7-11-20(17)24-19/h3-13,16,21H,14-15H2,1-2H3,(H,23,25)/t21-/m1/s1. The van der Waals surface area contributed by atoms with Crippen molar-refractivity contribution >= 4 is 17.0 Å².